The van der Waals surface area contributed by atoms with Crippen LogP contribution in [0, 0.1) is 0 Å². The molecule has 7 heteroatoms. The molecule has 2 fully saturated rings. The lowest BCUT2D eigenvalue weighted by molar-refractivity contribution is -0.316. The number of rotatable bonds is 2. The molecule has 6 N–H and O–H groups in total. The average Bonchev–Trinajstić information content (AvgIpc) is 2.85. The highest BCUT2D eigenvalue weighted by molar-refractivity contribution is 4.99. The first kappa shape index (κ1) is 13.2. The van der Waals surface area contributed by atoms with Crippen molar-refractivity contribution in [1.82, 2.24) is 4.90 Å². The van der Waals surface area contributed by atoms with Crippen molar-refractivity contribution in [1.29, 1.82) is 0 Å². The molecule has 0 amide bonds. The van der Waals surface area contributed by atoms with Gasteiger partial charge >= 0.3 is 0 Å². The molecule has 1 unspecified atom stereocenters. The second-order valence-electron chi connectivity index (χ2n) is 4.71. The Labute approximate surface area is 99.4 Å². The van der Waals surface area contributed by atoms with Crippen LogP contribution in [0.4, 0.5) is 0 Å². The lowest BCUT2D eigenvalue weighted by atomic mass is 9.95. The molecule has 0 aliphatic carbocycles. The molecule has 100 valence electrons. The molecule has 0 bridgehead atoms. The number of hydrogen-bond acceptors (Lipinski definition) is 7. The van der Waals surface area contributed by atoms with Gasteiger partial charge in [0.25, 0.3) is 0 Å². The Bertz CT molecular complexity index is 271. The molecule has 7 nitrogen and oxygen atoms in total. The van der Waals surface area contributed by atoms with E-state index in [1.165, 1.54) is 0 Å². The van der Waals surface area contributed by atoms with Gasteiger partial charge in [0, 0.05) is 13.1 Å². The van der Waals surface area contributed by atoms with E-state index in [1.54, 1.807) is 4.90 Å². The predicted octanol–water partition coefficient (Wildman–Crippen LogP) is -2.83. The minimum atomic E-state index is -1.54. The Morgan fingerprint density at radius 3 is 2.29 bits per heavy atom. The molecule has 2 rings (SSSR count). The van der Waals surface area contributed by atoms with E-state index in [4.69, 9.17) is 15.6 Å². The minimum absolute atomic E-state index is 0.461. The van der Waals surface area contributed by atoms with Gasteiger partial charge in [-0.1, -0.05) is 0 Å². The number of aliphatic hydroxyl groups is 4. The standard InChI is InChI=1S/C10H20N2O5/c11-10(12-3-1-2-4-12)9(16)8(15)7(14)6(5-13)17-10/h6-9,13-16H,1-5,11H2/t6-,7-,8+,9-,10?/m1/s1. The van der Waals surface area contributed by atoms with Crippen molar-refractivity contribution >= 4 is 0 Å². The normalized spacial score (nSPS) is 48.5. The highest BCUT2D eigenvalue weighted by Gasteiger charge is 2.54. The van der Waals surface area contributed by atoms with E-state index in [2.05, 4.69) is 0 Å². The van der Waals surface area contributed by atoms with E-state index in [-0.39, 0.29) is 0 Å². The lowest BCUT2D eigenvalue weighted by Crippen LogP contribution is -2.75. The van der Waals surface area contributed by atoms with Crippen LogP contribution in [0.5, 0.6) is 0 Å². The summed E-state index contributed by atoms with van der Waals surface area (Å²) in [7, 11) is 0. The van der Waals surface area contributed by atoms with Crippen LogP contribution < -0.4 is 5.73 Å². The third-order valence-electron chi connectivity index (χ3n) is 3.60. The van der Waals surface area contributed by atoms with Crippen molar-refractivity contribution in [3.63, 3.8) is 0 Å². The number of aliphatic hydroxyl groups excluding tert-OH is 4. The molecule has 0 spiro atoms. The number of hydrogen-bond donors (Lipinski definition) is 5. The zero-order valence-corrected chi connectivity index (χ0v) is 9.57. The maximum atomic E-state index is 9.96. The van der Waals surface area contributed by atoms with Gasteiger partial charge in [-0.2, -0.15) is 0 Å². The zero-order chi connectivity index (χ0) is 12.6. The Kier molecular flexibility index (Phi) is 3.69. The van der Waals surface area contributed by atoms with Gasteiger partial charge in [-0.05, 0) is 12.8 Å². The van der Waals surface area contributed by atoms with E-state index >= 15 is 0 Å². The summed E-state index contributed by atoms with van der Waals surface area (Å²) >= 11 is 0. The summed E-state index contributed by atoms with van der Waals surface area (Å²) in [4.78, 5) is 1.73. The summed E-state index contributed by atoms with van der Waals surface area (Å²) in [6, 6.07) is 0. The molecule has 0 aromatic carbocycles. The largest absolute Gasteiger partial charge is 0.394 e. The van der Waals surface area contributed by atoms with Crippen molar-refractivity contribution < 1.29 is 25.2 Å². The topological polar surface area (TPSA) is 119 Å². The van der Waals surface area contributed by atoms with Crippen LogP contribution in [-0.2, 0) is 4.74 Å². The fourth-order valence-corrected chi connectivity index (χ4v) is 2.51. The Balaban J connectivity index is 2.20. The van der Waals surface area contributed by atoms with Crippen LogP contribution in [0.2, 0.25) is 0 Å². The maximum Gasteiger partial charge on any atom is 0.204 e. The summed E-state index contributed by atoms with van der Waals surface area (Å²) in [6.07, 6.45) is -3.27. The summed E-state index contributed by atoms with van der Waals surface area (Å²) in [5.74, 6) is -1.54. The van der Waals surface area contributed by atoms with Crippen LogP contribution >= 0.6 is 0 Å². The Morgan fingerprint density at radius 1 is 1.18 bits per heavy atom. The number of nitrogens with zero attached hydrogens (tertiary/aromatic N) is 1. The minimum Gasteiger partial charge on any atom is -0.394 e. The lowest BCUT2D eigenvalue weighted by Gasteiger charge is -2.50. The fourth-order valence-electron chi connectivity index (χ4n) is 2.51. The van der Waals surface area contributed by atoms with Gasteiger partial charge in [-0.3, -0.25) is 10.6 Å². The quantitative estimate of drug-likeness (QED) is 0.357. The number of ether oxygens (including phenoxy) is 1. The molecular weight excluding hydrogens is 228 g/mol. The van der Waals surface area contributed by atoms with Gasteiger partial charge in [-0.15, -0.1) is 0 Å². The van der Waals surface area contributed by atoms with Crippen LogP contribution in [0.25, 0.3) is 0 Å². The van der Waals surface area contributed by atoms with Crippen LogP contribution in [0.1, 0.15) is 12.8 Å². The van der Waals surface area contributed by atoms with Crippen molar-refractivity contribution in [3.05, 3.63) is 0 Å². The van der Waals surface area contributed by atoms with Gasteiger partial charge in [0.1, 0.15) is 24.4 Å². The SMILES string of the molecule is NC1(N2CCCC2)O[C@H](CO)[C@@H](O)[C@H](O)[C@H]1O. The number of nitrogens with two attached hydrogens (primary N) is 1. The van der Waals surface area contributed by atoms with Gasteiger partial charge < -0.3 is 25.2 Å². The summed E-state index contributed by atoms with van der Waals surface area (Å²) < 4.78 is 5.40. The first-order chi connectivity index (χ1) is 8.00. The van der Waals surface area contributed by atoms with Gasteiger partial charge in [0.05, 0.1) is 6.61 Å². The molecule has 5 atom stereocenters. The molecule has 2 saturated heterocycles. The van der Waals surface area contributed by atoms with E-state index in [1.807, 2.05) is 0 Å². The third-order valence-corrected chi connectivity index (χ3v) is 3.60. The van der Waals surface area contributed by atoms with E-state index < -0.39 is 36.9 Å². The molecule has 17 heavy (non-hydrogen) atoms. The second kappa shape index (κ2) is 4.77. The predicted molar refractivity (Wildman–Crippen MR) is 57.7 cm³/mol. The molecular formula is C10H20N2O5. The highest BCUT2D eigenvalue weighted by atomic mass is 16.6. The number of likely N-dealkylation sites (tertiary alicyclic amines) is 1. The molecule has 0 aromatic heterocycles. The molecule has 2 aliphatic rings. The average molecular weight is 248 g/mol. The van der Waals surface area contributed by atoms with Crippen molar-refractivity contribution in [2.24, 2.45) is 5.73 Å². The van der Waals surface area contributed by atoms with Gasteiger partial charge in [-0.25, -0.2) is 0 Å². The molecule has 2 heterocycles. The van der Waals surface area contributed by atoms with Crippen molar-refractivity contribution in [3.8, 4) is 0 Å². The monoisotopic (exact) mass is 248 g/mol. The smallest absolute Gasteiger partial charge is 0.204 e. The molecule has 0 aromatic rings. The highest BCUT2D eigenvalue weighted by Crippen LogP contribution is 2.31. The van der Waals surface area contributed by atoms with Gasteiger partial charge in [0.15, 0.2) is 0 Å². The van der Waals surface area contributed by atoms with Gasteiger partial charge in [0.2, 0.25) is 5.85 Å². The summed E-state index contributed by atoms with van der Waals surface area (Å²) in [6.45, 7) is 0.862. The van der Waals surface area contributed by atoms with E-state index in [0.29, 0.717) is 13.1 Å². The van der Waals surface area contributed by atoms with Crippen molar-refractivity contribution in [2.45, 2.75) is 43.1 Å². The molecule has 0 saturated carbocycles. The summed E-state index contributed by atoms with van der Waals surface area (Å²) in [5.41, 5.74) is 6.00. The van der Waals surface area contributed by atoms with Crippen LogP contribution in [0.15, 0.2) is 0 Å². The van der Waals surface area contributed by atoms with E-state index in [9.17, 15) is 15.3 Å². The second-order valence-corrected chi connectivity index (χ2v) is 4.71. The first-order valence-electron chi connectivity index (χ1n) is 5.87. The third kappa shape index (κ3) is 2.08. The zero-order valence-electron chi connectivity index (χ0n) is 9.57. The first-order valence-corrected chi connectivity index (χ1v) is 5.87. The Morgan fingerprint density at radius 2 is 1.76 bits per heavy atom. The van der Waals surface area contributed by atoms with Crippen LogP contribution in [-0.4, -0.2) is 75.3 Å². The molecule has 0 radical (unpaired) electrons. The van der Waals surface area contributed by atoms with E-state index in [0.717, 1.165) is 12.8 Å². The van der Waals surface area contributed by atoms with Crippen LogP contribution in [0.3, 0.4) is 0 Å². The van der Waals surface area contributed by atoms with Crippen molar-refractivity contribution in [2.75, 3.05) is 19.7 Å². The summed E-state index contributed by atoms with van der Waals surface area (Å²) in [5, 5.41) is 38.4. The fraction of sp³-hybridized carbons (Fsp3) is 1.00. The maximum absolute atomic E-state index is 9.96. The molecule has 2 aliphatic heterocycles. The Hall–Kier alpha value is -0.280.